The molecule has 2 heterocycles. The standard InChI is InChI=1S/C12H14N4S/c1-16-9-10(6-11(16)7-13)8-14-3-2-12-15-4-5-17-12/h4-6,9,14H,2-3,8H2,1H3. The maximum Gasteiger partial charge on any atom is 0.120 e. The summed E-state index contributed by atoms with van der Waals surface area (Å²) in [4.78, 5) is 4.22. The van der Waals surface area contributed by atoms with Crippen molar-refractivity contribution in [2.24, 2.45) is 7.05 Å². The van der Waals surface area contributed by atoms with Crippen molar-refractivity contribution in [1.82, 2.24) is 14.9 Å². The Kier molecular flexibility index (Phi) is 3.91. The Morgan fingerprint density at radius 2 is 2.47 bits per heavy atom. The minimum absolute atomic E-state index is 0.696. The first-order chi connectivity index (χ1) is 8.29. The normalized spacial score (nSPS) is 10.4. The monoisotopic (exact) mass is 246 g/mol. The van der Waals surface area contributed by atoms with Crippen molar-refractivity contribution in [3.05, 3.63) is 40.1 Å². The van der Waals surface area contributed by atoms with Gasteiger partial charge in [0.2, 0.25) is 0 Å². The molecule has 0 atom stereocenters. The van der Waals surface area contributed by atoms with Gasteiger partial charge in [-0.1, -0.05) is 0 Å². The molecule has 2 aromatic heterocycles. The smallest absolute Gasteiger partial charge is 0.120 e. The average Bonchev–Trinajstić information content (AvgIpc) is 2.94. The minimum atomic E-state index is 0.696. The Bertz CT molecular complexity index is 507. The fourth-order valence-corrected chi connectivity index (χ4v) is 2.27. The lowest BCUT2D eigenvalue weighted by Gasteiger charge is -2.00. The van der Waals surface area contributed by atoms with Crippen LogP contribution in [0.2, 0.25) is 0 Å². The molecular weight excluding hydrogens is 232 g/mol. The number of nitriles is 1. The predicted octanol–water partition coefficient (Wildman–Crippen LogP) is 1.69. The number of nitrogens with one attached hydrogen (secondary N) is 1. The van der Waals surface area contributed by atoms with E-state index >= 15 is 0 Å². The summed E-state index contributed by atoms with van der Waals surface area (Å²) in [5, 5.41) is 15.3. The minimum Gasteiger partial charge on any atom is -0.342 e. The molecule has 0 saturated heterocycles. The topological polar surface area (TPSA) is 53.6 Å². The summed E-state index contributed by atoms with van der Waals surface area (Å²) in [6.45, 7) is 1.70. The first-order valence-electron chi connectivity index (χ1n) is 5.44. The van der Waals surface area contributed by atoms with Gasteiger partial charge >= 0.3 is 0 Å². The molecular formula is C12H14N4S. The summed E-state index contributed by atoms with van der Waals surface area (Å²) in [7, 11) is 1.89. The summed E-state index contributed by atoms with van der Waals surface area (Å²) >= 11 is 1.68. The van der Waals surface area contributed by atoms with Crippen LogP contribution in [-0.2, 0) is 20.0 Å². The van der Waals surface area contributed by atoms with Gasteiger partial charge in [-0.3, -0.25) is 0 Å². The van der Waals surface area contributed by atoms with E-state index in [1.54, 1.807) is 11.3 Å². The van der Waals surface area contributed by atoms with Crippen molar-refractivity contribution in [3.63, 3.8) is 0 Å². The first-order valence-corrected chi connectivity index (χ1v) is 6.32. The molecule has 0 aromatic carbocycles. The molecule has 88 valence electrons. The van der Waals surface area contributed by atoms with Crippen molar-refractivity contribution < 1.29 is 0 Å². The Hall–Kier alpha value is -1.64. The van der Waals surface area contributed by atoms with E-state index in [1.165, 1.54) is 0 Å². The number of hydrogen-bond acceptors (Lipinski definition) is 4. The Balaban J connectivity index is 1.76. The van der Waals surface area contributed by atoms with Gasteiger partial charge in [0.05, 0.1) is 5.01 Å². The van der Waals surface area contributed by atoms with Crippen LogP contribution in [-0.4, -0.2) is 16.1 Å². The van der Waals surface area contributed by atoms with Crippen LogP contribution < -0.4 is 5.32 Å². The molecule has 0 fully saturated rings. The summed E-state index contributed by atoms with van der Waals surface area (Å²) in [6, 6.07) is 4.07. The lowest BCUT2D eigenvalue weighted by atomic mass is 10.3. The fraction of sp³-hybridized carbons (Fsp3) is 0.333. The van der Waals surface area contributed by atoms with E-state index in [0.717, 1.165) is 30.1 Å². The van der Waals surface area contributed by atoms with Gasteiger partial charge in [-0.2, -0.15) is 5.26 Å². The van der Waals surface area contributed by atoms with E-state index < -0.39 is 0 Å². The van der Waals surface area contributed by atoms with Crippen molar-refractivity contribution in [2.45, 2.75) is 13.0 Å². The molecule has 1 N–H and O–H groups in total. The van der Waals surface area contributed by atoms with Gasteiger partial charge < -0.3 is 9.88 Å². The molecule has 0 amide bonds. The highest BCUT2D eigenvalue weighted by Crippen LogP contribution is 2.06. The lowest BCUT2D eigenvalue weighted by Crippen LogP contribution is -2.16. The van der Waals surface area contributed by atoms with Crippen molar-refractivity contribution in [1.29, 1.82) is 5.26 Å². The molecule has 0 aliphatic carbocycles. The zero-order chi connectivity index (χ0) is 12.1. The van der Waals surface area contributed by atoms with Gasteiger partial charge in [0.1, 0.15) is 11.8 Å². The first kappa shape index (κ1) is 11.8. The Morgan fingerprint density at radius 3 is 3.12 bits per heavy atom. The molecule has 0 radical (unpaired) electrons. The number of rotatable bonds is 5. The number of aryl methyl sites for hydroxylation is 1. The Morgan fingerprint density at radius 1 is 1.59 bits per heavy atom. The van der Waals surface area contributed by atoms with Crippen molar-refractivity contribution in [2.75, 3.05) is 6.54 Å². The van der Waals surface area contributed by atoms with E-state index in [4.69, 9.17) is 5.26 Å². The van der Waals surface area contributed by atoms with E-state index in [-0.39, 0.29) is 0 Å². The molecule has 0 bridgehead atoms. The quantitative estimate of drug-likeness (QED) is 0.817. The number of aromatic nitrogens is 2. The number of nitrogens with zero attached hydrogens (tertiary/aromatic N) is 3. The second-order valence-electron chi connectivity index (χ2n) is 3.81. The maximum absolute atomic E-state index is 8.83. The third kappa shape index (κ3) is 3.16. The van der Waals surface area contributed by atoms with Crippen molar-refractivity contribution >= 4 is 11.3 Å². The third-order valence-corrected chi connectivity index (χ3v) is 3.34. The zero-order valence-electron chi connectivity index (χ0n) is 9.68. The van der Waals surface area contributed by atoms with Crippen LogP contribution in [0.3, 0.4) is 0 Å². The summed E-state index contributed by atoms with van der Waals surface area (Å²) in [5.74, 6) is 0. The van der Waals surface area contributed by atoms with Crippen LogP contribution in [0.25, 0.3) is 0 Å². The molecule has 5 heteroatoms. The molecule has 2 aromatic rings. The van der Waals surface area contributed by atoms with Crippen LogP contribution in [0.15, 0.2) is 23.8 Å². The van der Waals surface area contributed by atoms with E-state index in [2.05, 4.69) is 16.4 Å². The zero-order valence-corrected chi connectivity index (χ0v) is 10.5. The fourth-order valence-electron chi connectivity index (χ4n) is 1.65. The molecule has 0 saturated carbocycles. The van der Waals surface area contributed by atoms with Gasteiger partial charge in [0.25, 0.3) is 0 Å². The van der Waals surface area contributed by atoms with Gasteiger partial charge in [-0.15, -0.1) is 11.3 Å². The van der Waals surface area contributed by atoms with E-state index in [1.807, 2.05) is 35.5 Å². The molecule has 2 rings (SSSR count). The second kappa shape index (κ2) is 5.62. The van der Waals surface area contributed by atoms with Gasteiger partial charge in [0.15, 0.2) is 0 Å². The van der Waals surface area contributed by atoms with Gasteiger partial charge in [-0.25, -0.2) is 4.98 Å². The highest BCUT2D eigenvalue weighted by atomic mass is 32.1. The highest BCUT2D eigenvalue weighted by Gasteiger charge is 2.01. The van der Waals surface area contributed by atoms with Gasteiger partial charge in [0, 0.05) is 44.3 Å². The second-order valence-corrected chi connectivity index (χ2v) is 4.79. The SMILES string of the molecule is Cn1cc(CNCCc2nccs2)cc1C#N. The summed E-state index contributed by atoms with van der Waals surface area (Å²) in [6.07, 6.45) is 4.76. The molecule has 0 aliphatic rings. The molecule has 0 unspecified atom stereocenters. The average molecular weight is 246 g/mol. The predicted molar refractivity (Wildman–Crippen MR) is 67.7 cm³/mol. The van der Waals surface area contributed by atoms with Crippen LogP contribution in [0.5, 0.6) is 0 Å². The third-order valence-electron chi connectivity index (χ3n) is 2.50. The van der Waals surface area contributed by atoms with Crippen molar-refractivity contribution in [3.8, 4) is 6.07 Å². The number of thiazole rings is 1. The molecule has 17 heavy (non-hydrogen) atoms. The van der Waals surface area contributed by atoms with E-state index in [9.17, 15) is 0 Å². The Labute approximate surface area is 105 Å². The van der Waals surface area contributed by atoms with E-state index in [0.29, 0.717) is 5.69 Å². The van der Waals surface area contributed by atoms with Crippen LogP contribution in [0.1, 0.15) is 16.3 Å². The molecule has 0 aliphatic heterocycles. The van der Waals surface area contributed by atoms with Gasteiger partial charge in [-0.05, 0) is 11.6 Å². The summed E-state index contributed by atoms with van der Waals surface area (Å²) < 4.78 is 1.85. The molecule has 4 nitrogen and oxygen atoms in total. The highest BCUT2D eigenvalue weighted by molar-refractivity contribution is 7.09. The maximum atomic E-state index is 8.83. The number of hydrogen-bond donors (Lipinski definition) is 1. The lowest BCUT2D eigenvalue weighted by molar-refractivity contribution is 0.684. The van der Waals surface area contributed by atoms with Crippen LogP contribution in [0.4, 0.5) is 0 Å². The van der Waals surface area contributed by atoms with Crippen LogP contribution >= 0.6 is 11.3 Å². The molecule has 0 spiro atoms. The van der Waals surface area contributed by atoms with Crippen LogP contribution in [0, 0.1) is 11.3 Å². The summed E-state index contributed by atoms with van der Waals surface area (Å²) in [5.41, 5.74) is 1.84. The largest absolute Gasteiger partial charge is 0.342 e.